The highest BCUT2D eigenvalue weighted by atomic mass is 35.5. The molecule has 0 aliphatic heterocycles. The second kappa shape index (κ2) is 7.80. The monoisotopic (exact) mass is 248 g/mol. The molecule has 17 heavy (non-hydrogen) atoms. The number of allylic oxidation sites excluding steroid dienone is 3. The summed E-state index contributed by atoms with van der Waals surface area (Å²) < 4.78 is 0. The van der Waals surface area contributed by atoms with E-state index in [4.69, 9.17) is 11.6 Å². The lowest BCUT2D eigenvalue weighted by Gasteiger charge is -2.00. The van der Waals surface area contributed by atoms with Gasteiger partial charge >= 0.3 is 0 Å². The van der Waals surface area contributed by atoms with Crippen LogP contribution in [0.4, 0.5) is 0 Å². The third kappa shape index (κ3) is 4.96. The minimum absolute atomic E-state index is 0.479. The Morgan fingerprint density at radius 1 is 1.47 bits per heavy atom. The van der Waals surface area contributed by atoms with Gasteiger partial charge in [0.2, 0.25) is 0 Å². The summed E-state index contributed by atoms with van der Waals surface area (Å²) in [4.78, 5) is 8.61. The van der Waals surface area contributed by atoms with E-state index in [1.54, 1.807) is 12.3 Å². The van der Waals surface area contributed by atoms with Crippen molar-refractivity contribution in [2.75, 3.05) is 0 Å². The van der Waals surface area contributed by atoms with E-state index in [2.05, 4.69) is 23.0 Å². The number of hydrogen-bond donors (Lipinski definition) is 0. The maximum Gasteiger partial charge on any atom is 0.125 e. The van der Waals surface area contributed by atoms with E-state index < -0.39 is 0 Å². The molecule has 0 saturated heterocycles. The summed E-state index contributed by atoms with van der Waals surface area (Å²) >= 11 is 5.93. The molecule has 0 fully saturated rings. The average molecular weight is 249 g/mol. The Kier molecular flexibility index (Phi) is 6.26. The van der Waals surface area contributed by atoms with Crippen LogP contribution in [0.1, 0.15) is 32.4 Å². The largest absolute Gasteiger partial charge is 0.255 e. The molecule has 0 amide bonds. The van der Waals surface area contributed by atoms with Crippen LogP contribution in [0.2, 0.25) is 0 Å². The molecule has 2 nitrogen and oxygen atoms in total. The van der Waals surface area contributed by atoms with Crippen molar-refractivity contribution < 1.29 is 0 Å². The molecule has 1 aromatic heterocycles. The Balaban J connectivity index is 2.99. The van der Waals surface area contributed by atoms with Crippen LogP contribution in [-0.4, -0.2) is 10.7 Å². The first-order valence-corrected chi connectivity index (χ1v) is 6.14. The lowest BCUT2D eigenvalue weighted by Crippen LogP contribution is -1.99. The molecule has 0 radical (unpaired) electrons. The van der Waals surface area contributed by atoms with Crippen LogP contribution in [0.5, 0.6) is 0 Å². The van der Waals surface area contributed by atoms with Gasteiger partial charge < -0.3 is 0 Å². The van der Waals surface area contributed by atoms with Crippen LogP contribution in [0.25, 0.3) is 0 Å². The lowest BCUT2D eigenvalue weighted by molar-refractivity contribution is 0.959. The molecule has 1 aromatic rings. The second-order valence-corrected chi connectivity index (χ2v) is 3.90. The summed E-state index contributed by atoms with van der Waals surface area (Å²) in [6, 6.07) is 5.75. The Morgan fingerprint density at radius 2 is 2.29 bits per heavy atom. The predicted octanol–water partition coefficient (Wildman–Crippen LogP) is 4.33. The highest BCUT2D eigenvalue weighted by molar-refractivity contribution is 6.30. The van der Waals surface area contributed by atoms with Crippen LogP contribution >= 0.6 is 11.6 Å². The topological polar surface area (TPSA) is 25.2 Å². The minimum Gasteiger partial charge on any atom is -0.255 e. The van der Waals surface area contributed by atoms with E-state index in [1.165, 1.54) is 0 Å². The van der Waals surface area contributed by atoms with Gasteiger partial charge in [-0.3, -0.25) is 4.98 Å². The van der Waals surface area contributed by atoms with Gasteiger partial charge in [-0.25, -0.2) is 4.99 Å². The standard InChI is InChI=1S/C14H17ClN2/c1-3-5-6-10-13(17-14(15)4-2)12-9-7-8-11-16-12/h4,6-11H,3,5H2,1-2H3/b10-6+,14-4-,17-13+. The Hall–Kier alpha value is -1.41. The highest BCUT2D eigenvalue weighted by Gasteiger charge is 2.00. The number of aromatic nitrogens is 1. The molecule has 0 aliphatic carbocycles. The molecule has 0 atom stereocenters. The Morgan fingerprint density at radius 3 is 2.88 bits per heavy atom. The summed E-state index contributed by atoms with van der Waals surface area (Å²) in [5.41, 5.74) is 1.63. The molecular formula is C14H17ClN2. The van der Waals surface area contributed by atoms with Gasteiger partial charge in [0.05, 0.1) is 11.4 Å². The normalized spacial score (nSPS) is 13.4. The quantitative estimate of drug-likeness (QED) is 0.563. The van der Waals surface area contributed by atoms with Gasteiger partial charge in [-0.2, -0.15) is 0 Å². The first-order chi connectivity index (χ1) is 8.27. The number of nitrogens with zero attached hydrogens (tertiary/aromatic N) is 2. The summed E-state index contributed by atoms with van der Waals surface area (Å²) in [7, 11) is 0. The van der Waals surface area contributed by atoms with E-state index in [9.17, 15) is 0 Å². The van der Waals surface area contributed by atoms with Crippen LogP contribution in [0.15, 0.2) is 52.8 Å². The minimum atomic E-state index is 0.479. The highest BCUT2D eigenvalue weighted by Crippen LogP contribution is 2.08. The molecule has 0 spiro atoms. The fraction of sp³-hybridized carbons (Fsp3) is 0.286. The van der Waals surface area contributed by atoms with Crippen molar-refractivity contribution in [2.24, 2.45) is 4.99 Å². The number of pyridine rings is 1. The zero-order chi connectivity index (χ0) is 12.5. The van der Waals surface area contributed by atoms with Crippen molar-refractivity contribution in [2.45, 2.75) is 26.7 Å². The SMILES string of the molecule is C\C=C(Cl)/N=C(\C=C\CCC)c1ccccn1. The summed E-state index contributed by atoms with van der Waals surface area (Å²) in [6.07, 6.45) is 9.72. The maximum absolute atomic E-state index is 5.93. The molecule has 0 aliphatic rings. The third-order valence-corrected chi connectivity index (χ3v) is 2.43. The average Bonchev–Trinajstić information content (AvgIpc) is 2.38. The number of rotatable bonds is 5. The van der Waals surface area contributed by atoms with E-state index in [-0.39, 0.29) is 0 Å². The van der Waals surface area contributed by atoms with Crippen LogP contribution in [0, 0.1) is 0 Å². The van der Waals surface area contributed by atoms with Crippen LogP contribution in [-0.2, 0) is 0 Å². The molecule has 0 unspecified atom stereocenters. The number of halogens is 1. The van der Waals surface area contributed by atoms with Crippen molar-refractivity contribution in [3.8, 4) is 0 Å². The van der Waals surface area contributed by atoms with Crippen molar-refractivity contribution >= 4 is 17.3 Å². The van der Waals surface area contributed by atoms with Crippen molar-refractivity contribution in [1.82, 2.24) is 4.98 Å². The van der Waals surface area contributed by atoms with Gasteiger partial charge in [0.25, 0.3) is 0 Å². The predicted molar refractivity (Wildman–Crippen MR) is 74.4 cm³/mol. The van der Waals surface area contributed by atoms with Crippen molar-refractivity contribution in [3.63, 3.8) is 0 Å². The van der Waals surface area contributed by atoms with Crippen LogP contribution < -0.4 is 0 Å². The van der Waals surface area contributed by atoms with Gasteiger partial charge in [-0.15, -0.1) is 0 Å². The Bertz CT molecular complexity index is 419. The molecule has 3 heteroatoms. The van der Waals surface area contributed by atoms with E-state index in [1.807, 2.05) is 31.2 Å². The van der Waals surface area contributed by atoms with Gasteiger partial charge in [0.1, 0.15) is 5.16 Å². The fourth-order valence-electron chi connectivity index (χ4n) is 1.24. The van der Waals surface area contributed by atoms with Crippen molar-refractivity contribution in [1.29, 1.82) is 0 Å². The van der Waals surface area contributed by atoms with Gasteiger partial charge in [-0.05, 0) is 31.6 Å². The zero-order valence-corrected chi connectivity index (χ0v) is 11.0. The van der Waals surface area contributed by atoms with E-state index in [0.29, 0.717) is 5.16 Å². The number of aliphatic imine (C=N–C) groups is 1. The summed E-state index contributed by atoms with van der Waals surface area (Å²) in [5.74, 6) is 0. The molecule has 1 rings (SSSR count). The molecule has 1 heterocycles. The lowest BCUT2D eigenvalue weighted by atomic mass is 10.2. The van der Waals surface area contributed by atoms with E-state index >= 15 is 0 Å². The van der Waals surface area contributed by atoms with Gasteiger partial charge in [0.15, 0.2) is 0 Å². The number of hydrogen-bond acceptors (Lipinski definition) is 2. The smallest absolute Gasteiger partial charge is 0.125 e. The van der Waals surface area contributed by atoms with Gasteiger partial charge in [-0.1, -0.05) is 43.2 Å². The molecular weight excluding hydrogens is 232 g/mol. The summed E-state index contributed by atoms with van der Waals surface area (Å²) in [6.45, 7) is 4.00. The molecule has 0 bridgehead atoms. The number of unbranched alkanes of at least 4 members (excludes halogenated alkanes) is 1. The van der Waals surface area contributed by atoms with Gasteiger partial charge in [0, 0.05) is 6.20 Å². The summed E-state index contributed by atoms with van der Waals surface area (Å²) in [5, 5.41) is 0.479. The molecule has 90 valence electrons. The van der Waals surface area contributed by atoms with Crippen molar-refractivity contribution in [3.05, 3.63) is 53.5 Å². The van der Waals surface area contributed by atoms with E-state index in [0.717, 1.165) is 24.2 Å². The Labute approximate surface area is 108 Å². The first-order valence-electron chi connectivity index (χ1n) is 5.76. The first kappa shape index (κ1) is 13.7. The third-order valence-electron chi connectivity index (χ3n) is 2.12. The molecule has 0 aromatic carbocycles. The maximum atomic E-state index is 5.93. The fourth-order valence-corrected chi connectivity index (χ4v) is 1.33. The second-order valence-electron chi connectivity index (χ2n) is 3.51. The molecule has 0 N–H and O–H groups in total. The zero-order valence-electron chi connectivity index (χ0n) is 10.2. The van der Waals surface area contributed by atoms with Crippen LogP contribution in [0.3, 0.4) is 0 Å². The molecule has 0 saturated carbocycles.